The minimum atomic E-state index is -1.28. The largest absolute Gasteiger partial charge is 0.478 e. The van der Waals surface area contributed by atoms with Gasteiger partial charge in [0.05, 0.1) is 11.0 Å². The molecular formula is C13H8FNO5. The molecule has 0 bridgehead atoms. The van der Waals surface area contributed by atoms with Gasteiger partial charge in [0.1, 0.15) is 22.9 Å². The molecule has 6 nitrogen and oxygen atoms in total. The van der Waals surface area contributed by atoms with Gasteiger partial charge in [-0.25, -0.2) is 9.18 Å². The number of carboxylic acid groups (broad SMARTS) is 1. The highest BCUT2D eigenvalue weighted by atomic mass is 19.1. The molecule has 0 fully saturated rings. The fourth-order valence-electron chi connectivity index (χ4n) is 1.52. The molecule has 0 saturated heterocycles. The fourth-order valence-corrected chi connectivity index (χ4v) is 1.52. The zero-order chi connectivity index (χ0) is 14.7. The monoisotopic (exact) mass is 277 g/mol. The van der Waals surface area contributed by atoms with Crippen LogP contribution in [0.5, 0.6) is 11.5 Å². The topological polar surface area (TPSA) is 89.7 Å². The van der Waals surface area contributed by atoms with Crippen LogP contribution < -0.4 is 4.74 Å². The van der Waals surface area contributed by atoms with Gasteiger partial charge in [0.2, 0.25) is 0 Å². The summed E-state index contributed by atoms with van der Waals surface area (Å²) in [5, 5.41) is 19.7. The Bertz CT molecular complexity index is 669. The van der Waals surface area contributed by atoms with E-state index in [-0.39, 0.29) is 22.7 Å². The van der Waals surface area contributed by atoms with E-state index in [2.05, 4.69) is 0 Å². The average molecular weight is 277 g/mol. The van der Waals surface area contributed by atoms with Gasteiger partial charge in [-0.1, -0.05) is 0 Å². The van der Waals surface area contributed by atoms with Crippen molar-refractivity contribution in [1.82, 2.24) is 0 Å². The highest BCUT2D eigenvalue weighted by Gasteiger charge is 2.17. The summed E-state index contributed by atoms with van der Waals surface area (Å²) in [5.41, 5.74) is -0.521. The number of carbonyl (C=O) groups is 1. The van der Waals surface area contributed by atoms with Crippen molar-refractivity contribution in [2.24, 2.45) is 0 Å². The smallest absolute Gasteiger partial charge is 0.339 e. The highest BCUT2D eigenvalue weighted by molar-refractivity contribution is 5.91. The molecular weight excluding hydrogens is 269 g/mol. The van der Waals surface area contributed by atoms with Gasteiger partial charge in [-0.05, 0) is 30.3 Å². The normalized spacial score (nSPS) is 10.1. The maximum Gasteiger partial charge on any atom is 0.339 e. The van der Waals surface area contributed by atoms with Crippen LogP contribution in [0.25, 0.3) is 0 Å². The Balaban J connectivity index is 2.41. The van der Waals surface area contributed by atoms with Gasteiger partial charge in [-0.2, -0.15) is 0 Å². The fraction of sp³-hybridized carbons (Fsp3) is 0. The molecule has 0 radical (unpaired) electrons. The molecule has 0 unspecified atom stereocenters. The first-order valence-electron chi connectivity index (χ1n) is 5.42. The Kier molecular flexibility index (Phi) is 3.60. The van der Waals surface area contributed by atoms with E-state index in [1.165, 1.54) is 12.1 Å². The summed E-state index contributed by atoms with van der Waals surface area (Å²) in [4.78, 5) is 21.1. The second-order valence-electron chi connectivity index (χ2n) is 3.80. The average Bonchev–Trinajstić information content (AvgIpc) is 2.41. The third kappa shape index (κ3) is 2.89. The zero-order valence-corrected chi connectivity index (χ0v) is 9.95. The lowest BCUT2D eigenvalue weighted by molar-refractivity contribution is -0.384. The SMILES string of the molecule is O=C(O)c1ccc([N+](=O)[O-])cc1Oc1ccc(F)cc1. The molecule has 0 spiro atoms. The van der Waals surface area contributed by atoms with Crippen molar-refractivity contribution in [3.63, 3.8) is 0 Å². The van der Waals surface area contributed by atoms with E-state index in [9.17, 15) is 19.3 Å². The van der Waals surface area contributed by atoms with Crippen molar-refractivity contribution in [1.29, 1.82) is 0 Å². The van der Waals surface area contributed by atoms with Gasteiger partial charge >= 0.3 is 5.97 Å². The van der Waals surface area contributed by atoms with Gasteiger partial charge in [-0.15, -0.1) is 0 Å². The molecule has 0 heterocycles. The van der Waals surface area contributed by atoms with E-state index in [0.717, 1.165) is 30.3 Å². The number of nitro groups is 1. The Labute approximate surface area is 112 Å². The van der Waals surface area contributed by atoms with E-state index in [1.807, 2.05) is 0 Å². The molecule has 2 aromatic carbocycles. The number of hydrogen-bond donors (Lipinski definition) is 1. The number of non-ortho nitro benzene ring substituents is 1. The maximum absolute atomic E-state index is 12.8. The molecule has 1 N–H and O–H groups in total. The molecule has 0 aliphatic heterocycles. The van der Waals surface area contributed by atoms with Crippen LogP contribution in [0.4, 0.5) is 10.1 Å². The third-order valence-corrected chi connectivity index (χ3v) is 2.45. The molecule has 0 saturated carbocycles. The van der Waals surface area contributed by atoms with Crippen LogP contribution in [0, 0.1) is 15.9 Å². The summed E-state index contributed by atoms with van der Waals surface area (Å²) in [6.45, 7) is 0. The van der Waals surface area contributed by atoms with Crippen LogP contribution in [0.2, 0.25) is 0 Å². The first-order chi connectivity index (χ1) is 9.47. The first kappa shape index (κ1) is 13.5. The second-order valence-corrected chi connectivity index (χ2v) is 3.80. The van der Waals surface area contributed by atoms with E-state index in [1.54, 1.807) is 0 Å². The lowest BCUT2D eigenvalue weighted by Crippen LogP contribution is -2.01. The molecule has 2 rings (SSSR count). The summed E-state index contributed by atoms with van der Waals surface area (Å²) in [5.74, 6) is -1.76. The summed E-state index contributed by atoms with van der Waals surface area (Å²) >= 11 is 0. The Morgan fingerprint density at radius 1 is 1.20 bits per heavy atom. The quantitative estimate of drug-likeness (QED) is 0.684. The first-order valence-corrected chi connectivity index (χ1v) is 5.42. The lowest BCUT2D eigenvalue weighted by Gasteiger charge is -2.08. The zero-order valence-electron chi connectivity index (χ0n) is 9.95. The number of ether oxygens (including phenoxy) is 1. The standard InChI is InChI=1S/C13H8FNO5/c14-8-1-4-10(5-2-8)20-12-7-9(15(18)19)3-6-11(12)13(16)17/h1-7H,(H,16,17). The molecule has 0 aliphatic carbocycles. The van der Waals surface area contributed by atoms with Gasteiger partial charge in [-0.3, -0.25) is 10.1 Å². The molecule has 0 atom stereocenters. The number of rotatable bonds is 4. The van der Waals surface area contributed by atoms with Gasteiger partial charge in [0, 0.05) is 6.07 Å². The van der Waals surface area contributed by atoms with Gasteiger partial charge < -0.3 is 9.84 Å². The molecule has 20 heavy (non-hydrogen) atoms. The van der Waals surface area contributed by atoms with Crippen LogP contribution in [0.3, 0.4) is 0 Å². The van der Waals surface area contributed by atoms with Gasteiger partial charge in [0.25, 0.3) is 5.69 Å². The molecule has 0 amide bonds. The number of halogens is 1. The van der Waals surface area contributed by atoms with Crippen molar-refractivity contribution < 1.29 is 24.0 Å². The third-order valence-electron chi connectivity index (χ3n) is 2.45. The van der Waals surface area contributed by atoms with Crippen molar-refractivity contribution >= 4 is 11.7 Å². The number of aromatic carboxylic acids is 1. The lowest BCUT2D eigenvalue weighted by atomic mass is 10.2. The number of nitrogens with zero attached hydrogens (tertiary/aromatic N) is 1. The predicted molar refractivity (Wildman–Crippen MR) is 66.5 cm³/mol. The molecule has 2 aromatic rings. The minimum absolute atomic E-state index is 0.175. The van der Waals surface area contributed by atoms with Crippen molar-refractivity contribution in [2.45, 2.75) is 0 Å². The van der Waals surface area contributed by atoms with Crippen LogP contribution in [0.1, 0.15) is 10.4 Å². The van der Waals surface area contributed by atoms with Crippen molar-refractivity contribution in [3.8, 4) is 11.5 Å². The predicted octanol–water partition coefficient (Wildman–Crippen LogP) is 3.22. The van der Waals surface area contributed by atoms with Crippen LogP contribution in [-0.2, 0) is 0 Å². The minimum Gasteiger partial charge on any atom is -0.478 e. The Hall–Kier alpha value is -2.96. The number of nitro benzene ring substituents is 1. The van der Waals surface area contributed by atoms with E-state index in [4.69, 9.17) is 9.84 Å². The Morgan fingerprint density at radius 3 is 2.40 bits per heavy atom. The van der Waals surface area contributed by atoms with Crippen molar-refractivity contribution in [2.75, 3.05) is 0 Å². The maximum atomic E-state index is 12.8. The molecule has 7 heteroatoms. The number of carboxylic acids is 1. The second kappa shape index (κ2) is 5.35. The van der Waals surface area contributed by atoms with Crippen LogP contribution >= 0.6 is 0 Å². The summed E-state index contributed by atoms with van der Waals surface area (Å²) in [6, 6.07) is 8.01. The summed E-state index contributed by atoms with van der Waals surface area (Å²) in [6.07, 6.45) is 0. The van der Waals surface area contributed by atoms with Crippen LogP contribution in [-0.4, -0.2) is 16.0 Å². The van der Waals surface area contributed by atoms with E-state index < -0.39 is 16.7 Å². The van der Waals surface area contributed by atoms with Gasteiger partial charge in [0.15, 0.2) is 0 Å². The highest BCUT2D eigenvalue weighted by Crippen LogP contribution is 2.29. The summed E-state index contributed by atoms with van der Waals surface area (Å²) < 4.78 is 18.0. The number of hydrogen-bond acceptors (Lipinski definition) is 4. The van der Waals surface area contributed by atoms with Crippen molar-refractivity contribution in [3.05, 3.63) is 64.0 Å². The Morgan fingerprint density at radius 2 is 1.85 bits per heavy atom. The molecule has 0 aromatic heterocycles. The van der Waals surface area contributed by atoms with E-state index in [0.29, 0.717) is 0 Å². The summed E-state index contributed by atoms with van der Waals surface area (Å²) in [7, 11) is 0. The van der Waals surface area contributed by atoms with E-state index >= 15 is 0 Å². The molecule has 0 aliphatic rings. The van der Waals surface area contributed by atoms with Crippen LogP contribution in [0.15, 0.2) is 42.5 Å². The molecule has 102 valence electrons. The number of benzene rings is 2.